The molecule has 1 aliphatic carbocycles. The first kappa shape index (κ1) is 11.2. The normalized spacial score (nSPS) is 16.6. The highest BCUT2D eigenvalue weighted by Gasteiger charge is 2.16. The van der Waals surface area contributed by atoms with Crippen LogP contribution in [0, 0.1) is 12.8 Å². The summed E-state index contributed by atoms with van der Waals surface area (Å²) in [7, 11) is 0. The van der Waals surface area contributed by atoms with Crippen LogP contribution in [0.4, 0.5) is 5.82 Å². The Morgan fingerprint density at radius 2 is 2.31 bits per heavy atom. The molecule has 4 heteroatoms. The minimum atomic E-state index is 0.0965. The summed E-state index contributed by atoms with van der Waals surface area (Å²) in [6.07, 6.45) is 8.65. The first-order valence-electron chi connectivity index (χ1n) is 6.05. The van der Waals surface area contributed by atoms with Gasteiger partial charge in [-0.05, 0) is 19.3 Å². The fraction of sp³-hybridized carbons (Fsp3) is 0.667. The number of amides is 1. The Labute approximate surface area is 95.8 Å². The molecule has 0 aromatic carbocycles. The molecular formula is C12H19N3O. The zero-order valence-electron chi connectivity index (χ0n) is 9.75. The van der Waals surface area contributed by atoms with Crippen LogP contribution in [0.2, 0.25) is 0 Å². The second-order valence-corrected chi connectivity index (χ2v) is 4.67. The predicted octanol–water partition coefficient (Wildman–Crippen LogP) is 2.63. The van der Waals surface area contributed by atoms with Crippen LogP contribution in [-0.2, 0) is 4.79 Å². The quantitative estimate of drug-likeness (QED) is 0.821. The third-order valence-electron chi connectivity index (χ3n) is 3.35. The number of hydrogen-bond donors (Lipinski definition) is 2. The lowest BCUT2D eigenvalue weighted by atomic mass is 10.0. The van der Waals surface area contributed by atoms with Crippen molar-refractivity contribution in [1.82, 2.24) is 10.2 Å². The van der Waals surface area contributed by atoms with Crippen molar-refractivity contribution in [2.24, 2.45) is 5.92 Å². The Bertz CT molecular complexity index is 353. The van der Waals surface area contributed by atoms with Gasteiger partial charge in [0.05, 0.1) is 6.20 Å². The number of aromatic amines is 1. The van der Waals surface area contributed by atoms with Gasteiger partial charge in [-0.3, -0.25) is 9.89 Å². The molecule has 88 valence electrons. The van der Waals surface area contributed by atoms with E-state index in [-0.39, 0.29) is 5.91 Å². The van der Waals surface area contributed by atoms with Gasteiger partial charge in [-0.15, -0.1) is 0 Å². The van der Waals surface area contributed by atoms with Crippen molar-refractivity contribution >= 4 is 11.7 Å². The van der Waals surface area contributed by atoms with E-state index in [9.17, 15) is 4.79 Å². The summed E-state index contributed by atoms with van der Waals surface area (Å²) in [5, 5.41) is 9.51. The van der Waals surface area contributed by atoms with Crippen LogP contribution < -0.4 is 5.32 Å². The molecule has 2 rings (SSSR count). The number of aromatic nitrogens is 2. The summed E-state index contributed by atoms with van der Waals surface area (Å²) in [5.74, 6) is 1.60. The number of anilines is 1. The van der Waals surface area contributed by atoms with Gasteiger partial charge in [-0.25, -0.2) is 0 Å². The second kappa shape index (κ2) is 5.14. The van der Waals surface area contributed by atoms with E-state index in [1.165, 1.54) is 25.7 Å². The van der Waals surface area contributed by atoms with E-state index in [4.69, 9.17) is 0 Å². The Balaban J connectivity index is 1.74. The second-order valence-electron chi connectivity index (χ2n) is 4.67. The molecule has 4 nitrogen and oxygen atoms in total. The molecule has 0 aliphatic heterocycles. The molecule has 0 atom stereocenters. The first-order chi connectivity index (χ1) is 7.75. The van der Waals surface area contributed by atoms with Crippen LogP contribution in [-0.4, -0.2) is 16.1 Å². The van der Waals surface area contributed by atoms with Crippen LogP contribution in [0.5, 0.6) is 0 Å². The molecule has 1 heterocycles. The molecule has 1 aromatic rings. The van der Waals surface area contributed by atoms with Crippen LogP contribution in [0.1, 0.15) is 44.1 Å². The van der Waals surface area contributed by atoms with Gasteiger partial charge >= 0.3 is 0 Å². The number of carbonyl (C=O) groups is 1. The smallest absolute Gasteiger partial charge is 0.225 e. The third-order valence-corrected chi connectivity index (χ3v) is 3.35. The highest BCUT2D eigenvalue weighted by molar-refractivity contribution is 5.90. The van der Waals surface area contributed by atoms with Crippen molar-refractivity contribution in [3.8, 4) is 0 Å². The largest absolute Gasteiger partial charge is 0.311 e. The van der Waals surface area contributed by atoms with Crippen LogP contribution in [0.15, 0.2) is 6.20 Å². The van der Waals surface area contributed by atoms with E-state index >= 15 is 0 Å². The predicted molar refractivity (Wildman–Crippen MR) is 63.1 cm³/mol. The van der Waals surface area contributed by atoms with Gasteiger partial charge in [0.2, 0.25) is 5.91 Å². The molecule has 16 heavy (non-hydrogen) atoms. The number of H-pyrrole nitrogens is 1. The summed E-state index contributed by atoms with van der Waals surface area (Å²) < 4.78 is 0. The highest BCUT2D eigenvalue weighted by Crippen LogP contribution is 2.28. The molecular weight excluding hydrogens is 202 g/mol. The third kappa shape index (κ3) is 2.84. The Hall–Kier alpha value is -1.32. The maximum absolute atomic E-state index is 11.7. The molecule has 0 saturated heterocycles. The van der Waals surface area contributed by atoms with Crippen molar-refractivity contribution < 1.29 is 4.79 Å². The molecule has 1 aliphatic rings. The minimum absolute atomic E-state index is 0.0965. The van der Waals surface area contributed by atoms with E-state index in [1.54, 1.807) is 6.20 Å². The van der Waals surface area contributed by atoms with Gasteiger partial charge in [0, 0.05) is 12.0 Å². The van der Waals surface area contributed by atoms with E-state index in [0.29, 0.717) is 6.42 Å². The van der Waals surface area contributed by atoms with Gasteiger partial charge in [0.15, 0.2) is 0 Å². The number of hydrogen-bond acceptors (Lipinski definition) is 2. The monoisotopic (exact) mass is 221 g/mol. The van der Waals surface area contributed by atoms with E-state index in [0.717, 1.165) is 23.7 Å². The molecule has 1 aromatic heterocycles. The molecule has 1 fully saturated rings. The summed E-state index contributed by atoms with van der Waals surface area (Å²) >= 11 is 0. The molecule has 2 N–H and O–H groups in total. The molecule has 1 saturated carbocycles. The molecule has 0 spiro atoms. The SMILES string of the molecule is Cc1cn[nH]c1NC(=O)CCC1CCCC1. The highest BCUT2D eigenvalue weighted by atomic mass is 16.1. The lowest BCUT2D eigenvalue weighted by molar-refractivity contribution is -0.116. The first-order valence-corrected chi connectivity index (χ1v) is 6.05. The van der Waals surface area contributed by atoms with Gasteiger partial charge in [0.1, 0.15) is 5.82 Å². The van der Waals surface area contributed by atoms with Crippen molar-refractivity contribution in [3.05, 3.63) is 11.8 Å². The summed E-state index contributed by atoms with van der Waals surface area (Å²) in [6.45, 7) is 1.93. The van der Waals surface area contributed by atoms with Crippen molar-refractivity contribution in [2.45, 2.75) is 45.4 Å². The number of rotatable bonds is 4. The number of aryl methyl sites for hydroxylation is 1. The zero-order valence-corrected chi connectivity index (χ0v) is 9.75. The molecule has 0 bridgehead atoms. The molecule has 0 unspecified atom stereocenters. The standard InChI is InChI=1S/C12H19N3O/c1-9-8-13-15-12(9)14-11(16)7-6-10-4-2-3-5-10/h8,10H,2-7H2,1H3,(H2,13,14,15,16). The number of carbonyl (C=O) groups excluding carboxylic acids is 1. The van der Waals surface area contributed by atoms with Gasteiger partial charge in [-0.1, -0.05) is 25.7 Å². The molecule has 1 amide bonds. The average molecular weight is 221 g/mol. The van der Waals surface area contributed by atoms with Gasteiger partial charge in [0.25, 0.3) is 0 Å². The fourth-order valence-corrected chi connectivity index (χ4v) is 2.31. The van der Waals surface area contributed by atoms with Crippen LogP contribution in [0.25, 0.3) is 0 Å². The lowest BCUT2D eigenvalue weighted by Crippen LogP contribution is -2.13. The Morgan fingerprint density at radius 3 is 2.94 bits per heavy atom. The molecule has 0 radical (unpaired) electrons. The van der Waals surface area contributed by atoms with Gasteiger partial charge < -0.3 is 5.32 Å². The van der Waals surface area contributed by atoms with Crippen molar-refractivity contribution in [2.75, 3.05) is 5.32 Å². The number of nitrogens with one attached hydrogen (secondary N) is 2. The average Bonchev–Trinajstić information content (AvgIpc) is 2.88. The Morgan fingerprint density at radius 1 is 1.56 bits per heavy atom. The van der Waals surface area contributed by atoms with E-state index in [1.807, 2.05) is 6.92 Å². The van der Waals surface area contributed by atoms with Crippen LogP contribution in [0.3, 0.4) is 0 Å². The van der Waals surface area contributed by atoms with Crippen molar-refractivity contribution in [1.29, 1.82) is 0 Å². The van der Waals surface area contributed by atoms with Crippen LogP contribution >= 0.6 is 0 Å². The van der Waals surface area contributed by atoms with Crippen molar-refractivity contribution in [3.63, 3.8) is 0 Å². The maximum atomic E-state index is 11.7. The lowest BCUT2D eigenvalue weighted by Gasteiger charge is -2.08. The number of nitrogens with zero attached hydrogens (tertiary/aromatic N) is 1. The maximum Gasteiger partial charge on any atom is 0.225 e. The minimum Gasteiger partial charge on any atom is -0.311 e. The summed E-state index contributed by atoms with van der Waals surface area (Å²) in [4.78, 5) is 11.7. The van der Waals surface area contributed by atoms with E-state index < -0.39 is 0 Å². The summed E-state index contributed by atoms with van der Waals surface area (Å²) in [5.41, 5.74) is 0.981. The zero-order chi connectivity index (χ0) is 11.4. The summed E-state index contributed by atoms with van der Waals surface area (Å²) in [6, 6.07) is 0. The van der Waals surface area contributed by atoms with Gasteiger partial charge in [-0.2, -0.15) is 5.10 Å². The topological polar surface area (TPSA) is 57.8 Å². The fourth-order valence-electron chi connectivity index (χ4n) is 2.31. The van der Waals surface area contributed by atoms with E-state index in [2.05, 4.69) is 15.5 Å². The Kier molecular flexibility index (Phi) is 3.59.